The first-order valence-corrected chi connectivity index (χ1v) is 10.2. The number of hydrogen-bond donors (Lipinski definition) is 1. The van der Waals surface area contributed by atoms with Gasteiger partial charge in [-0.15, -0.1) is 0 Å². The van der Waals surface area contributed by atoms with Crippen LogP contribution >= 0.6 is 0 Å². The number of H-pyrrole nitrogens is 1. The number of nitrogens with zero attached hydrogens (tertiary/aromatic N) is 2. The number of hydrogen-bond acceptors (Lipinski definition) is 2. The second-order valence-electron chi connectivity index (χ2n) is 7.77. The smallest absolute Gasteiger partial charge is 0.138 e. The quantitative estimate of drug-likeness (QED) is 0.436. The summed E-state index contributed by atoms with van der Waals surface area (Å²) in [5, 5.41) is 9.07. The summed E-state index contributed by atoms with van der Waals surface area (Å²) in [5.74, 6) is 1.54. The van der Waals surface area contributed by atoms with E-state index in [4.69, 9.17) is 5.26 Å². The fraction of sp³-hybridized carbons (Fsp3) is 0.192. The monoisotopic (exact) mass is 376 g/mol. The van der Waals surface area contributed by atoms with Crippen LogP contribution in [0, 0.1) is 17.8 Å². The molecule has 1 fully saturated rings. The summed E-state index contributed by atoms with van der Waals surface area (Å²) in [4.78, 5) is 7.98. The van der Waals surface area contributed by atoms with E-state index < -0.39 is 0 Å². The third-order valence-corrected chi connectivity index (χ3v) is 5.92. The Balaban J connectivity index is 1.38. The van der Waals surface area contributed by atoms with Crippen LogP contribution in [0.3, 0.4) is 0 Å². The van der Waals surface area contributed by atoms with Crippen LogP contribution < -0.4 is 0 Å². The summed E-state index contributed by atoms with van der Waals surface area (Å²) in [6, 6.07) is 25.3. The van der Waals surface area contributed by atoms with E-state index in [1.165, 1.54) is 42.4 Å². The van der Waals surface area contributed by atoms with E-state index >= 15 is 0 Å². The van der Waals surface area contributed by atoms with Crippen LogP contribution in [0.5, 0.6) is 0 Å². The number of rotatable bonds is 3. The van der Waals surface area contributed by atoms with E-state index in [2.05, 4.69) is 71.0 Å². The zero-order valence-corrected chi connectivity index (χ0v) is 16.2. The van der Waals surface area contributed by atoms with E-state index in [-0.39, 0.29) is 0 Å². The summed E-state index contributed by atoms with van der Waals surface area (Å²) in [6.45, 7) is 0. The lowest BCUT2D eigenvalue weighted by atomic mass is 9.84. The molecule has 1 aliphatic carbocycles. The van der Waals surface area contributed by atoms with Crippen LogP contribution in [0.4, 0.5) is 0 Å². The van der Waals surface area contributed by atoms with Crippen molar-refractivity contribution in [3.63, 3.8) is 0 Å². The second-order valence-corrected chi connectivity index (χ2v) is 7.77. The molecule has 5 rings (SSSR count). The molecule has 29 heavy (non-hydrogen) atoms. The largest absolute Gasteiger partial charge is 0.338 e. The summed E-state index contributed by atoms with van der Waals surface area (Å²) in [5.41, 5.74) is 7.36. The minimum Gasteiger partial charge on any atom is -0.338 e. The van der Waals surface area contributed by atoms with Crippen molar-refractivity contribution in [2.24, 2.45) is 0 Å². The molecule has 1 aliphatic rings. The first kappa shape index (κ1) is 17.7. The lowest BCUT2D eigenvalue weighted by Gasteiger charge is -2.21. The van der Waals surface area contributed by atoms with Gasteiger partial charge in [-0.1, -0.05) is 48.5 Å². The van der Waals surface area contributed by atoms with Crippen molar-refractivity contribution in [2.75, 3.05) is 0 Å². The number of benzene rings is 3. The Morgan fingerprint density at radius 3 is 2.17 bits per heavy atom. The Bertz CT molecular complexity index is 1170. The van der Waals surface area contributed by atoms with Crippen molar-refractivity contribution < 1.29 is 0 Å². The van der Waals surface area contributed by atoms with Crippen LogP contribution in [0.15, 0.2) is 66.7 Å². The SMILES string of the molecule is N#Cc1ccc2nc(-c3ccc(-c4ccc(C5CC[CH]CC5)cc4)cc3)[nH]c2c1. The summed E-state index contributed by atoms with van der Waals surface area (Å²) in [7, 11) is 0. The minimum absolute atomic E-state index is 0.637. The molecular weight excluding hydrogens is 354 g/mol. The molecule has 4 aromatic rings. The molecule has 0 atom stereocenters. The third-order valence-electron chi connectivity index (χ3n) is 5.92. The van der Waals surface area contributed by atoms with Gasteiger partial charge in [0.05, 0.1) is 22.7 Å². The zero-order valence-electron chi connectivity index (χ0n) is 16.2. The highest BCUT2D eigenvalue weighted by atomic mass is 14.9. The summed E-state index contributed by atoms with van der Waals surface area (Å²) >= 11 is 0. The Morgan fingerprint density at radius 2 is 1.48 bits per heavy atom. The van der Waals surface area contributed by atoms with Crippen molar-refractivity contribution in [1.82, 2.24) is 9.97 Å². The molecule has 3 heteroatoms. The minimum atomic E-state index is 0.637. The standard InChI is InChI=1S/C26H22N3/c27-17-18-6-15-24-25(16-18)29-26(28-24)23-13-11-22(12-14-23)21-9-7-20(8-10-21)19-4-2-1-3-5-19/h1,6-16,19H,2-5H2,(H,28,29). The topological polar surface area (TPSA) is 52.5 Å². The van der Waals surface area contributed by atoms with Gasteiger partial charge in [0.15, 0.2) is 0 Å². The number of fused-ring (bicyclic) bond motifs is 1. The van der Waals surface area contributed by atoms with E-state index in [0.717, 1.165) is 22.4 Å². The van der Waals surface area contributed by atoms with Gasteiger partial charge >= 0.3 is 0 Å². The van der Waals surface area contributed by atoms with Gasteiger partial charge in [0.25, 0.3) is 0 Å². The first-order chi connectivity index (χ1) is 14.3. The molecule has 1 heterocycles. The Morgan fingerprint density at radius 1 is 0.828 bits per heavy atom. The van der Waals surface area contributed by atoms with Gasteiger partial charge in [-0.2, -0.15) is 5.26 Å². The number of aromatic nitrogens is 2. The van der Waals surface area contributed by atoms with Gasteiger partial charge in [-0.05, 0) is 72.9 Å². The normalized spacial score (nSPS) is 14.7. The van der Waals surface area contributed by atoms with Gasteiger partial charge < -0.3 is 4.98 Å². The fourth-order valence-electron chi connectivity index (χ4n) is 4.24. The van der Waals surface area contributed by atoms with Crippen LogP contribution in [0.25, 0.3) is 33.5 Å². The molecule has 1 N–H and O–H groups in total. The molecule has 0 amide bonds. The van der Waals surface area contributed by atoms with Crippen LogP contribution in [0.2, 0.25) is 0 Å². The van der Waals surface area contributed by atoms with Crippen molar-refractivity contribution >= 4 is 11.0 Å². The molecule has 1 aromatic heterocycles. The zero-order chi connectivity index (χ0) is 19.6. The average Bonchev–Trinajstić information content (AvgIpc) is 3.23. The second kappa shape index (κ2) is 7.56. The lowest BCUT2D eigenvalue weighted by Crippen LogP contribution is -2.04. The maximum atomic E-state index is 9.07. The highest BCUT2D eigenvalue weighted by Crippen LogP contribution is 2.33. The summed E-state index contributed by atoms with van der Waals surface area (Å²) in [6.07, 6.45) is 7.46. The molecular formula is C26H22N3. The van der Waals surface area contributed by atoms with Gasteiger partial charge in [0.2, 0.25) is 0 Å². The Kier molecular flexibility index (Phi) is 4.62. The predicted octanol–water partition coefficient (Wildman–Crippen LogP) is 6.63. The predicted molar refractivity (Wildman–Crippen MR) is 117 cm³/mol. The highest BCUT2D eigenvalue weighted by Gasteiger charge is 2.15. The maximum absolute atomic E-state index is 9.07. The molecule has 0 unspecified atom stereocenters. The van der Waals surface area contributed by atoms with E-state index in [9.17, 15) is 0 Å². The Hall–Kier alpha value is -3.38. The van der Waals surface area contributed by atoms with Crippen LogP contribution in [-0.4, -0.2) is 9.97 Å². The highest BCUT2D eigenvalue weighted by molar-refractivity contribution is 5.81. The molecule has 0 spiro atoms. The van der Waals surface area contributed by atoms with E-state index in [1.807, 2.05) is 12.1 Å². The van der Waals surface area contributed by atoms with Gasteiger partial charge in [0, 0.05) is 5.56 Å². The number of nitrogens with one attached hydrogen (secondary N) is 1. The number of nitriles is 1. The van der Waals surface area contributed by atoms with Crippen LogP contribution in [-0.2, 0) is 0 Å². The molecule has 3 nitrogen and oxygen atoms in total. The first-order valence-electron chi connectivity index (χ1n) is 10.2. The molecule has 0 bridgehead atoms. The van der Waals surface area contributed by atoms with Crippen LogP contribution in [0.1, 0.15) is 42.7 Å². The number of aromatic amines is 1. The molecule has 3 aromatic carbocycles. The molecule has 1 saturated carbocycles. The van der Waals surface area contributed by atoms with E-state index in [1.54, 1.807) is 6.07 Å². The van der Waals surface area contributed by atoms with Gasteiger partial charge in [-0.25, -0.2) is 4.98 Å². The van der Waals surface area contributed by atoms with Gasteiger partial charge in [-0.3, -0.25) is 0 Å². The van der Waals surface area contributed by atoms with E-state index in [0.29, 0.717) is 11.5 Å². The molecule has 1 radical (unpaired) electrons. The maximum Gasteiger partial charge on any atom is 0.138 e. The van der Waals surface area contributed by atoms with Crippen molar-refractivity contribution in [3.8, 4) is 28.6 Å². The van der Waals surface area contributed by atoms with Crippen molar-refractivity contribution in [2.45, 2.75) is 31.6 Å². The molecule has 141 valence electrons. The third kappa shape index (κ3) is 3.54. The fourth-order valence-corrected chi connectivity index (χ4v) is 4.24. The summed E-state index contributed by atoms with van der Waals surface area (Å²) < 4.78 is 0. The van der Waals surface area contributed by atoms with Crippen molar-refractivity contribution in [3.05, 3.63) is 84.3 Å². The van der Waals surface area contributed by atoms with Crippen molar-refractivity contribution in [1.29, 1.82) is 5.26 Å². The molecule has 0 aliphatic heterocycles. The number of imidazole rings is 1. The lowest BCUT2D eigenvalue weighted by molar-refractivity contribution is 0.512. The average molecular weight is 376 g/mol. The van der Waals surface area contributed by atoms with Gasteiger partial charge in [0.1, 0.15) is 5.82 Å². The molecule has 0 saturated heterocycles. The Labute approximate surface area is 171 Å².